The fraction of sp³-hybridized carbons (Fsp3) is 0.600. The second-order valence-corrected chi connectivity index (χ2v) is 4.27. The van der Waals surface area contributed by atoms with Gasteiger partial charge in [-0.25, -0.2) is 13.9 Å². The molecule has 0 N–H and O–H groups in total. The lowest BCUT2D eigenvalue weighted by atomic mass is 10.1. The average molecular weight is 333 g/mol. The highest BCUT2D eigenvalue weighted by molar-refractivity contribution is 5.78. The van der Waals surface area contributed by atoms with Crippen molar-refractivity contribution in [3.8, 4) is 0 Å². The average Bonchev–Trinajstić information content (AvgIpc) is 2.78. The minimum atomic E-state index is -5.78. The van der Waals surface area contributed by atoms with Gasteiger partial charge >= 0.3 is 17.9 Å². The lowest BCUT2D eigenvalue weighted by Crippen LogP contribution is -2.36. The molecule has 0 unspecified atom stereocenters. The third-order valence-corrected chi connectivity index (χ3v) is 2.66. The number of Topliss-reactive ketones (excluding diaryl/α,β-unsaturated/α-hetero) is 1. The number of rotatable bonds is 7. The molecule has 0 aliphatic rings. The summed E-state index contributed by atoms with van der Waals surface area (Å²) in [6.07, 6.45) is -7.96. The van der Waals surface area contributed by atoms with Crippen LogP contribution in [0.5, 0.6) is 0 Å². The maximum atomic E-state index is 12.6. The fourth-order valence-electron chi connectivity index (χ4n) is 1.54. The zero-order valence-electron chi connectivity index (χ0n) is 10.7. The quantitative estimate of drug-likeness (QED) is 0.437. The normalized spacial score (nSPS) is 12.5. The predicted molar refractivity (Wildman–Crippen MR) is 58.9 cm³/mol. The van der Waals surface area contributed by atoms with Gasteiger partial charge in [-0.1, -0.05) is 0 Å². The Morgan fingerprint density at radius 1 is 1.32 bits per heavy atom. The number of halogens is 6. The van der Waals surface area contributed by atoms with Crippen molar-refractivity contribution < 1.29 is 36.1 Å². The van der Waals surface area contributed by atoms with Crippen molar-refractivity contribution in [2.45, 2.75) is 38.2 Å². The van der Waals surface area contributed by atoms with Crippen LogP contribution in [0.25, 0.3) is 0 Å². The van der Waals surface area contributed by atoms with E-state index in [1.165, 1.54) is 0 Å². The summed E-state index contributed by atoms with van der Waals surface area (Å²) in [6.45, 7) is -2.14. The maximum absolute atomic E-state index is 12.6. The van der Waals surface area contributed by atoms with E-state index in [2.05, 4.69) is 4.98 Å². The summed E-state index contributed by atoms with van der Waals surface area (Å²) in [7, 11) is 0. The molecule has 0 atom stereocenters. The van der Waals surface area contributed by atoms with Crippen LogP contribution in [0, 0.1) is 10.1 Å². The highest BCUT2D eigenvalue weighted by Crippen LogP contribution is 2.38. The first-order valence-corrected chi connectivity index (χ1v) is 5.70. The van der Waals surface area contributed by atoms with Crippen molar-refractivity contribution in [3.05, 3.63) is 22.1 Å². The SMILES string of the molecule is O=C(CCC(F)(F)C(F)(F)F)Cn1cnc(CF)c1[N+](=O)[O-]. The summed E-state index contributed by atoms with van der Waals surface area (Å²) >= 11 is 0. The fourth-order valence-corrected chi connectivity index (χ4v) is 1.54. The van der Waals surface area contributed by atoms with Gasteiger partial charge in [-0.05, 0) is 4.92 Å². The zero-order chi connectivity index (χ0) is 17.1. The summed E-state index contributed by atoms with van der Waals surface area (Å²) in [5, 5.41) is 10.7. The Bertz CT molecular complexity index is 569. The molecule has 124 valence electrons. The molecule has 0 aliphatic carbocycles. The number of hydrogen-bond acceptors (Lipinski definition) is 4. The predicted octanol–water partition coefficient (Wildman–Crippen LogP) is 2.81. The highest BCUT2D eigenvalue weighted by Gasteiger charge is 2.56. The third kappa shape index (κ3) is 3.95. The molecule has 22 heavy (non-hydrogen) atoms. The first-order valence-electron chi connectivity index (χ1n) is 5.70. The van der Waals surface area contributed by atoms with Crippen LogP contribution in [-0.4, -0.2) is 32.4 Å². The number of alkyl halides is 6. The number of imidazole rings is 1. The van der Waals surface area contributed by atoms with Crippen molar-refractivity contribution in [1.82, 2.24) is 9.55 Å². The summed E-state index contributed by atoms with van der Waals surface area (Å²) in [5.41, 5.74) is -0.571. The Kier molecular flexibility index (Phi) is 5.14. The molecule has 0 radical (unpaired) electrons. The Labute approximate surface area is 118 Å². The molecular weight excluding hydrogens is 324 g/mol. The maximum Gasteiger partial charge on any atom is 0.453 e. The van der Waals surface area contributed by atoms with E-state index in [0.717, 1.165) is 6.33 Å². The lowest BCUT2D eigenvalue weighted by Gasteiger charge is -2.18. The first kappa shape index (κ1) is 17.9. The Morgan fingerprint density at radius 2 is 1.91 bits per heavy atom. The summed E-state index contributed by atoms with van der Waals surface area (Å²) in [5.74, 6) is -6.98. The van der Waals surface area contributed by atoms with Gasteiger partial charge in [-0.3, -0.25) is 4.79 Å². The molecule has 0 saturated carbocycles. The standard InChI is InChI=1S/C10H9F6N3O3/c11-3-7-8(19(21)22)18(5-17-7)4-6(20)1-2-9(12,13)10(14,15)16/h5H,1-4H2. The zero-order valence-corrected chi connectivity index (χ0v) is 10.7. The van der Waals surface area contributed by atoms with Crippen LogP contribution in [0.4, 0.5) is 32.2 Å². The van der Waals surface area contributed by atoms with Crippen LogP contribution in [-0.2, 0) is 18.0 Å². The van der Waals surface area contributed by atoms with E-state index in [1.807, 2.05) is 0 Å². The number of carbonyl (C=O) groups excluding carboxylic acids is 1. The summed E-state index contributed by atoms with van der Waals surface area (Å²) < 4.78 is 74.1. The van der Waals surface area contributed by atoms with Crippen molar-refractivity contribution in [2.24, 2.45) is 0 Å². The smallest absolute Gasteiger partial charge is 0.358 e. The molecule has 0 bridgehead atoms. The monoisotopic (exact) mass is 333 g/mol. The largest absolute Gasteiger partial charge is 0.453 e. The van der Waals surface area contributed by atoms with Crippen LogP contribution in [0.15, 0.2) is 6.33 Å². The molecule has 6 nitrogen and oxygen atoms in total. The number of hydrogen-bond donors (Lipinski definition) is 0. The van der Waals surface area contributed by atoms with Crippen LogP contribution in [0.3, 0.4) is 0 Å². The first-order chi connectivity index (χ1) is 9.99. The van der Waals surface area contributed by atoms with Gasteiger partial charge in [0.2, 0.25) is 0 Å². The van der Waals surface area contributed by atoms with Crippen LogP contribution in [0.1, 0.15) is 18.5 Å². The van der Waals surface area contributed by atoms with Crippen molar-refractivity contribution >= 4 is 11.6 Å². The van der Waals surface area contributed by atoms with Gasteiger partial charge in [0, 0.05) is 12.8 Å². The van der Waals surface area contributed by atoms with E-state index in [0.29, 0.717) is 4.57 Å². The minimum Gasteiger partial charge on any atom is -0.358 e. The van der Waals surface area contributed by atoms with E-state index in [9.17, 15) is 41.3 Å². The highest BCUT2D eigenvalue weighted by atomic mass is 19.4. The minimum absolute atomic E-state index is 0.571. The Hall–Kier alpha value is -2.14. The van der Waals surface area contributed by atoms with E-state index in [1.54, 1.807) is 0 Å². The topological polar surface area (TPSA) is 78.0 Å². The van der Waals surface area contributed by atoms with Gasteiger partial charge in [0.25, 0.3) is 0 Å². The Morgan fingerprint density at radius 3 is 2.36 bits per heavy atom. The van der Waals surface area contributed by atoms with Crippen LogP contribution >= 0.6 is 0 Å². The third-order valence-electron chi connectivity index (χ3n) is 2.66. The van der Waals surface area contributed by atoms with Crippen molar-refractivity contribution in [1.29, 1.82) is 0 Å². The number of ketones is 1. The second-order valence-electron chi connectivity index (χ2n) is 4.27. The van der Waals surface area contributed by atoms with E-state index >= 15 is 0 Å². The molecule has 1 heterocycles. The van der Waals surface area contributed by atoms with Gasteiger partial charge in [-0.2, -0.15) is 22.0 Å². The molecule has 12 heteroatoms. The lowest BCUT2D eigenvalue weighted by molar-refractivity contribution is -0.392. The van der Waals surface area contributed by atoms with E-state index in [4.69, 9.17) is 0 Å². The number of nitro groups is 1. The second kappa shape index (κ2) is 6.32. The van der Waals surface area contributed by atoms with Gasteiger partial charge in [0.15, 0.2) is 24.3 Å². The van der Waals surface area contributed by atoms with Gasteiger partial charge < -0.3 is 10.1 Å². The molecule has 0 aliphatic heterocycles. The molecule has 0 amide bonds. The van der Waals surface area contributed by atoms with Crippen molar-refractivity contribution in [2.75, 3.05) is 0 Å². The number of nitrogens with zero attached hydrogens (tertiary/aromatic N) is 3. The summed E-state index contributed by atoms with van der Waals surface area (Å²) in [6, 6.07) is 0. The van der Waals surface area contributed by atoms with Gasteiger partial charge in [0.05, 0.1) is 0 Å². The van der Waals surface area contributed by atoms with E-state index < -0.39 is 60.4 Å². The van der Waals surface area contributed by atoms with Crippen molar-refractivity contribution in [3.63, 3.8) is 0 Å². The molecule has 0 saturated heterocycles. The molecular formula is C10H9F6N3O3. The molecule has 0 spiro atoms. The number of aromatic nitrogens is 2. The van der Waals surface area contributed by atoms with Crippen LogP contribution in [0.2, 0.25) is 0 Å². The Balaban J connectivity index is 2.75. The summed E-state index contributed by atoms with van der Waals surface area (Å²) in [4.78, 5) is 24.4. The van der Waals surface area contributed by atoms with Gasteiger partial charge in [-0.15, -0.1) is 0 Å². The molecule has 0 fully saturated rings. The van der Waals surface area contributed by atoms with Crippen LogP contribution < -0.4 is 0 Å². The number of carbonyl (C=O) groups is 1. The molecule has 0 aromatic carbocycles. The molecule has 1 rings (SSSR count). The van der Waals surface area contributed by atoms with E-state index in [-0.39, 0.29) is 0 Å². The molecule has 1 aromatic heterocycles. The molecule has 1 aromatic rings. The van der Waals surface area contributed by atoms with Gasteiger partial charge in [0.1, 0.15) is 6.67 Å².